The van der Waals surface area contributed by atoms with Crippen LogP contribution in [0.5, 0.6) is 0 Å². The lowest BCUT2D eigenvalue weighted by molar-refractivity contribution is -0.199. The minimum Gasteiger partial charge on any atom is -0.404 e. The molecule has 2 aromatic rings. The van der Waals surface area contributed by atoms with Crippen LogP contribution >= 0.6 is 15.9 Å². The maximum absolute atomic E-state index is 13.5. The Morgan fingerprint density at radius 2 is 1.77 bits per heavy atom. The number of nitrogens with one attached hydrogen (secondary N) is 2. The minimum atomic E-state index is -1.13. The monoisotopic (exact) mass is 598 g/mol. The molecule has 4 fully saturated rings. The molecule has 2 aromatic carbocycles. The van der Waals surface area contributed by atoms with Crippen LogP contribution < -0.4 is 10.6 Å². The molecule has 210 valence electrons. The Kier molecular flexibility index (Phi) is 7.68. The molecule has 2 bridgehead atoms. The third kappa shape index (κ3) is 5.28. The van der Waals surface area contributed by atoms with Crippen molar-refractivity contribution in [3.8, 4) is 0 Å². The lowest BCUT2D eigenvalue weighted by Gasteiger charge is -2.64. The maximum Gasteiger partial charge on any atom is 0.481 e. The second kappa shape index (κ2) is 10.5. The van der Waals surface area contributed by atoms with Crippen molar-refractivity contribution in [3.05, 3.63) is 46.4 Å². The molecule has 0 aromatic heterocycles. The Labute approximate surface area is 240 Å². The molecule has 4 aliphatic rings. The van der Waals surface area contributed by atoms with E-state index in [9.17, 15) is 14.7 Å². The Morgan fingerprint density at radius 1 is 1.08 bits per heavy atom. The Morgan fingerprint density at radius 3 is 2.44 bits per heavy atom. The van der Waals surface area contributed by atoms with Gasteiger partial charge in [0.2, 0.25) is 5.91 Å². The van der Waals surface area contributed by atoms with Gasteiger partial charge in [-0.15, -0.1) is 0 Å². The number of rotatable bonds is 8. The van der Waals surface area contributed by atoms with Gasteiger partial charge in [0.1, 0.15) is 6.04 Å². The van der Waals surface area contributed by atoms with Crippen molar-refractivity contribution in [1.82, 2.24) is 10.6 Å². The third-order valence-corrected chi connectivity index (χ3v) is 9.96. The first kappa shape index (κ1) is 28.6. The summed E-state index contributed by atoms with van der Waals surface area (Å²) in [5.74, 6) is 0.0489. The third-order valence-electron chi connectivity index (χ3n) is 9.47. The molecule has 1 heterocycles. The largest absolute Gasteiger partial charge is 0.481 e. The highest BCUT2D eigenvalue weighted by Gasteiger charge is 2.68. The Hall–Kier alpha value is -1.94. The summed E-state index contributed by atoms with van der Waals surface area (Å²) in [4.78, 5) is 26.7. The summed E-state index contributed by atoms with van der Waals surface area (Å²) >= 11 is 3.46. The summed E-state index contributed by atoms with van der Waals surface area (Å²) in [6.07, 6.45) is 1.68. The van der Waals surface area contributed by atoms with E-state index in [1.54, 1.807) is 12.1 Å². The number of hydrogen-bond donors (Lipinski definition) is 3. The molecule has 3 N–H and O–H groups in total. The van der Waals surface area contributed by atoms with Crippen molar-refractivity contribution in [2.75, 3.05) is 0 Å². The molecule has 9 heteroatoms. The lowest BCUT2D eigenvalue weighted by atomic mass is 9.43. The highest BCUT2D eigenvalue weighted by Crippen LogP contribution is 2.65. The predicted molar refractivity (Wildman–Crippen MR) is 156 cm³/mol. The summed E-state index contributed by atoms with van der Waals surface area (Å²) in [5.41, 5.74) is 0.260. The zero-order valence-electron chi connectivity index (χ0n) is 23.7. The molecule has 0 radical (unpaired) electrons. The van der Waals surface area contributed by atoms with E-state index in [-0.39, 0.29) is 23.0 Å². The number of aliphatic hydroxyl groups excluding tert-OH is 1. The molecular formula is C30H40BBrN2O5. The van der Waals surface area contributed by atoms with Crippen LogP contribution in [0.25, 0.3) is 10.8 Å². The molecular weight excluding hydrogens is 559 g/mol. The smallest absolute Gasteiger partial charge is 0.404 e. The van der Waals surface area contributed by atoms with E-state index >= 15 is 0 Å². The normalized spacial score (nSPS) is 29.4. The molecule has 1 aliphatic heterocycles. The first-order chi connectivity index (χ1) is 18.3. The number of halogens is 1. The van der Waals surface area contributed by atoms with Crippen LogP contribution in [0.4, 0.5) is 0 Å². The second-order valence-corrected chi connectivity index (χ2v) is 13.9. The van der Waals surface area contributed by atoms with Gasteiger partial charge in [-0.05, 0) is 91.3 Å². The van der Waals surface area contributed by atoms with Gasteiger partial charge in [-0.1, -0.05) is 55.8 Å². The van der Waals surface area contributed by atoms with E-state index in [1.807, 2.05) is 24.3 Å². The quantitative estimate of drug-likeness (QED) is 0.376. The van der Waals surface area contributed by atoms with Crippen LogP contribution in [-0.2, 0) is 14.1 Å². The van der Waals surface area contributed by atoms with Crippen molar-refractivity contribution in [2.45, 2.75) is 90.6 Å². The van der Waals surface area contributed by atoms with E-state index in [0.717, 1.165) is 28.1 Å². The van der Waals surface area contributed by atoms with Crippen LogP contribution in [-0.4, -0.2) is 53.8 Å². The minimum absolute atomic E-state index is 0.00614. The average molecular weight is 599 g/mol. The zero-order valence-corrected chi connectivity index (χ0v) is 25.2. The zero-order chi connectivity index (χ0) is 28.3. The highest BCUT2D eigenvalue weighted by molar-refractivity contribution is 9.10. The fraction of sp³-hybridized carbons (Fsp3) is 0.600. The van der Waals surface area contributed by atoms with E-state index < -0.39 is 37.0 Å². The summed E-state index contributed by atoms with van der Waals surface area (Å²) in [6.45, 7) is 12.5. The van der Waals surface area contributed by atoms with Gasteiger partial charge in [0.15, 0.2) is 0 Å². The summed E-state index contributed by atoms with van der Waals surface area (Å²) < 4.78 is 14.1. The number of aliphatic hydroxyl groups is 1. The molecule has 6 rings (SSSR count). The maximum atomic E-state index is 13.5. The van der Waals surface area contributed by atoms with Crippen molar-refractivity contribution >= 4 is 45.6 Å². The Bertz CT molecular complexity index is 1270. The van der Waals surface area contributed by atoms with Crippen LogP contribution in [0.15, 0.2) is 40.9 Å². The average Bonchev–Trinajstić information content (AvgIpc) is 3.23. The fourth-order valence-electron chi connectivity index (χ4n) is 7.08. The van der Waals surface area contributed by atoms with Gasteiger partial charge >= 0.3 is 7.12 Å². The molecule has 0 spiro atoms. The number of benzene rings is 2. The van der Waals surface area contributed by atoms with Gasteiger partial charge in [-0.2, -0.15) is 0 Å². The van der Waals surface area contributed by atoms with Crippen LogP contribution in [0.3, 0.4) is 0 Å². The van der Waals surface area contributed by atoms with Gasteiger partial charge in [-0.3, -0.25) is 9.59 Å². The molecule has 3 aliphatic carbocycles. The van der Waals surface area contributed by atoms with Gasteiger partial charge in [0.25, 0.3) is 5.91 Å². The van der Waals surface area contributed by atoms with Crippen LogP contribution in [0, 0.1) is 23.2 Å². The summed E-state index contributed by atoms with van der Waals surface area (Å²) in [6, 6.07) is 10.1. The van der Waals surface area contributed by atoms with Crippen molar-refractivity contribution in [1.29, 1.82) is 0 Å². The first-order valence-corrected chi connectivity index (χ1v) is 14.9. The van der Waals surface area contributed by atoms with Crippen molar-refractivity contribution in [3.63, 3.8) is 0 Å². The van der Waals surface area contributed by atoms with Crippen molar-refractivity contribution in [2.24, 2.45) is 23.2 Å². The number of fused-ring (bicyclic) bond motifs is 1. The van der Waals surface area contributed by atoms with Gasteiger partial charge < -0.3 is 25.0 Å². The standard InChI is InChI=1S/C30H40BBrN2O5/c1-16(2)11-25(31-38-24-15-21-14-23(29(21,4)5)30(24,6)39-31)33-28(37)26(17(3)35)34-27(36)20-8-7-19-13-22(32)10-9-18(19)12-20/h7-10,12-13,16-17,21,23-26,35H,11,14-15H2,1-6H3,(H,33,37)(H,34,36)/t17-,21+,23+,24-,25+,26+,30+/m1/s1. The summed E-state index contributed by atoms with van der Waals surface area (Å²) in [5, 5.41) is 18.2. The fourth-order valence-corrected chi connectivity index (χ4v) is 7.46. The Balaban J connectivity index is 1.30. The molecule has 7 nitrogen and oxygen atoms in total. The first-order valence-electron chi connectivity index (χ1n) is 14.1. The molecule has 2 amide bonds. The number of carbonyl (C=O) groups excluding carboxylic acids is 2. The number of carbonyl (C=O) groups is 2. The van der Waals surface area contributed by atoms with E-state index in [0.29, 0.717) is 23.8 Å². The number of amides is 2. The van der Waals surface area contributed by atoms with Crippen LogP contribution in [0.2, 0.25) is 0 Å². The molecule has 39 heavy (non-hydrogen) atoms. The van der Waals surface area contributed by atoms with E-state index in [4.69, 9.17) is 9.31 Å². The van der Waals surface area contributed by atoms with Gasteiger partial charge in [0.05, 0.1) is 23.8 Å². The topological polar surface area (TPSA) is 96.9 Å². The van der Waals surface area contributed by atoms with Gasteiger partial charge in [-0.25, -0.2) is 0 Å². The van der Waals surface area contributed by atoms with Crippen LogP contribution in [0.1, 0.15) is 71.2 Å². The van der Waals surface area contributed by atoms with E-state index in [2.05, 4.69) is 61.2 Å². The molecule has 1 saturated heterocycles. The molecule has 3 saturated carbocycles. The van der Waals surface area contributed by atoms with E-state index in [1.165, 1.54) is 6.92 Å². The number of hydrogen-bond acceptors (Lipinski definition) is 5. The summed E-state index contributed by atoms with van der Waals surface area (Å²) in [7, 11) is -0.577. The highest BCUT2D eigenvalue weighted by atomic mass is 79.9. The van der Waals surface area contributed by atoms with Crippen molar-refractivity contribution < 1.29 is 24.0 Å². The SMILES string of the molecule is CC(C)C[C@H](NC(=O)[C@@H](NC(=O)c1ccc2cc(Br)ccc2c1)[C@@H](C)O)B1O[C@@H]2C[C@@H]3C[C@@H](C3(C)C)[C@]2(C)O1. The lowest BCUT2D eigenvalue weighted by Crippen LogP contribution is -2.65. The van der Waals surface area contributed by atoms with Gasteiger partial charge in [0, 0.05) is 10.0 Å². The molecule has 7 atom stereocenters. The molecule has 0 unspecified atom stereocenters. The second-order valence-electron chi connectivity index (χ2n) is 13.0. The predicted octanol–water partition coefficient (Wildman–Crippen LogP) is 4.88.